The fraction of sp³-hybridized carbons (Fsp3) is 0.469. The van der Waals surface area contributed by atoms with Crippen LogP contribution in [-0.4, -0.2) is 85.6 Å². The van der Waals surface area contributed by atoms with E-state index in [0.29, 0.717) is 25.8 Å². The van der Waals surface area contributed by atoms with Crippen molar-refractivity contribution in [2.24, 2.45) is 17.4 Å². The van der Waals surface area contributed by atoms with Gasteiger partial charge in [-0.1, -0.05) is 26.0 Å². The summed E-state index contributed by atoms with van der Waals surface area (Å²) in [5.41, 5.74) is 8.52. The first-order chi connectivity index (χ1) is 23.2. The Kier molecular flexibility index (Phi) is 17.0. The van der Waals surface area contributed by atoms with E-state index >= 15 is 0 Å². The zero-order chi connectivity index (χ0) is 37.3. The van der Waals surface area contributed by atoms with Crippen LogP contribution in [0.1, 0.15) is 61.8 Å². The topological polar surface area (TPSA) is 245 Å². The van der Waals surface area contributed by atoms with Gasteiger partial charge in [0.2, 0.25) is 5.91 Å². The number of carbonyl (C=O) groups is 3. The van der Waals surface area contributed by atoms with E-state index in [0.717, 1.165) is 12.1 Å². The third kappa shape index (κ3) is 12.6. The fourth-order valence-electron chi connectivity index (χ4n) is 4.40. The Balaban J connectivity index is 0.00000289. The Morgan fingerprint density at radius 1 is 0.959 bits per heavy atom. The van der Waals surface area contributed by atoms with E-state index in [1.54, 1.807) is 37.8 Å². The van der Waals surface area contributed by atoms with Crippen LogP contribution >= 0.6 is 0 Å². The first kappa shape index (κ1) is 41.6. The lowest BCUT2D eigenvalue weighted by molar-refractivity contribution is -0.384. The molecule has 1 aliphatic heterocycles. The third-order valence-corrected chi connectivity index (χ3v) is 6.57. The van der Waals surface area contributed by atoms with Crippen molar-refractivity contribution < 1.29 is 38.4 Å². The Morgan fingerprint density at radius 3 is 1.96 bits per heavy atom. The second-order valence-electron chi connectivity index (χ2n) is 11.1. The second kappa shape index (κ2) is 20.0. The highest BCUT2D eigenvalue weighted by molar-refractivity contribution is 5.95. The summed E-state index contributed by atoms with van der Waals surface area (Å²) in [7, 11) is 2.79. The molecular formula is C32H47N7O10. The average molecular weight is 690 g/mol. The maximum atomic E-state index is 12.2. The van der Waals surface area contributed by atoms with E-state index in [2.05, 4.69) is 16.4 Å². The standard InChI is InChI=1S/C29H36N6O10.C2H6.CH5N/c1-29(2,3)45-28(38)33-15-18(16-33)7-10-44-24-12-19(17-36)11-21(34(39)40)26(24)32-9-6-5-8-31-25-22(35(41)42)13-20(27(30)37)14-23(25)43-4;2*1-2/h5-6,11-14,17-18,31-32H,7-10,15-16H2,1-4H3,(H2,30,37);1-2H3;2H2,1H3/b6-5+;;. The normalized spacial score (nSPS) is 12.3. The van der Waals surface area contributed by atoms with E-state index in [-0.39, 0.29) is 71.4 Å². The van der Waals surface area contributed by atoms with Gasteiger partial charge in [0.1, 0.15) is 23.4 Å². The summed E-state index contributed by atoms with van der Waals surface area (Å²) < 4.78 is 16.4. The molecule has 6 N–H and O–H groups in total. The van der Waals surface area contributed by atoms with Crippen molar-refractivity contribution >= 4 is 41.0 Å². The fourth-order valence-corrected chi connectivity index (χ4v) is 4.40. The molecule has 0 aliphatic carbocycles. The van der Waals surface area contributed by atoms with E-state index in [4.69, 9.17) is 19.9 Å². The van der Waals surface area contributed by atoms with Crippen molar-refractivity contribution in [2.75, 3.05) is 57.6 Å². The molecule has 2 aromatic carbocycles. The smallest absolute Gasteiger partial charge is 0.410 e. The molecule has 2 aromatic rings. The number of likely N-dealkylation sites (tertiary alicyclic amines) is 1. The van der Waals surface area contributed by atoms with Crippen molar-refractivity contribution in [1.29, 1.82) is 0 Å². The van der Waals surface area contributed by atoms with E-state index in [1.165, 1.54) is 26.3 Å². The van der Waals surface area contributed by atoms with Gasteiger partial charge in [-0.2, -0.15) is 0 Å². The van der Waals surface area contributed by atoms with Gasteiger partial charge in [0.15, 0.2) is 11.4 Å². The lowest BCUT2D eigenvalue weighted by Gasteiger charge is -2.39. The molecule has 3 rings (SSSR count). The monoisotopic (exact) mass is 689 g/mol. The molecule has 0 atom stereocenters. The average Bonchev–Trinajstić information content (AvgIpc) is 3.04. The minimum Gasteiger partial charge on any atom is -0.494 e. The molecule has 2 amide bonds. The molecule has 1 heterocycles. The molecule has 0 bridgehead atoms. The maximum absolute atomic E-state index is 12.2. The molecular weight excluding hydrogens is 642 g/mol. The van der Waals surface area contributed by atoms with Crippen LogP contribution in [0.15, 0.2) is 36.4 Å². The summed E-state index contributed by atoms with van der Waals surface area (Å²) in [6.45, 7) is 10.8. The van der Waals surface area contributed by atoms with Crippen LogP contribution < -0.4 is 31.6 Å². The zero-order valence-electron chi connectivity index (χ0n) is 28.9. The largest absolute Gasteiger partial charge is 0.494 e. The highest BCUT2D eigenvalue weighted by Gasteiger charge is 2.33. The minimum atomic E-state index is -0.847. The zero-order valence-corrected chi connectivity index (χ0v) is 28.9. The molecule has 0 unspecified atom stereocenters. The van der Waals surface area contributed by atoms with Gasteiger partial charge in [0.25, 0.3) is 11.4 Å². The predicted molar refractivity (Wildman–Crippen MR) is 186 cm³/mol. The maximum Gasteiger partial charge on any atom is 0.410 e. The molecule has 1 aliphatic rings. The first-order valence-electron chi connectivity index (χ1n) is 15.5. The van der Waals surface area contributed by atoms with Gasteiger partial charge in [0.05, 0.1) is 23.6 Å². The number of nitrogens with two attached hydrogens (primary N) is 2. The van der Waals surface area contributed by atoms with Gasteiger partial charge >= 0.3 is 6.09 Å². The van der Waals surface area contributed by atoms with Crippen LogP contribution in [0, 0.1) is 26.1 Å². The van der Waals surface area contributed by atoms with Gasteiger partial charge in [0, 0.05) is 49.4 Å². The molecule has 49 heavy (non-hydrogen) atoms. The number of primary amides is 1. The van der Waals surface area contributed by atoms with Crippen molar-refractivity contribution in [3.8, 4) is 11.5 Å². The van der Waals surface area contributed by atoms with Crippen LogP contribution in [0.3, 0.4) is 0 Å². The predicted octanol–water partition coefficient (Wildman–Crippen LogP) is 4.74. The summed E-state index contributed by atoms with van der Waals surface area (Å²) in [5.74, 6) is -0.511. The number of methoxy groups -OCH3 is 1. The summed E-state index contributed by atoms with van der Waals surface area (Å²) in [6, 6.07) is 4.88. The summed E-state index contributed by atoms with van der Waals surface area (Å²) in [5, 5.41) is 29.2. The van der Waals surface area contributed by atoms with Crippen molar-refractivity contribution in [2.45, 2.75) is 46.6 Å². The van der Waals surface area contributed by atoms with Crippen LogP contribution in [0.4, 0.5) is 27.5 Å². The lowest BCUT2D eigenvalue weighted by Crippen LogP contribution is -2.51. The molecule has 0 radical (unpaired) electrons. The molecule has 0 aromatic heterocycles. The Morgan fingerprint density at radius 2 is 1.49 bits per heavy atom. The minimum absolute atomic E-state index is 0.0431. The van der Waals surface area contributed by atoms with Crippen molar-refractivity contribution in [3.63, 3.8) is 0 Å². The number of amides is 2. The molecule has 17 nitrogen and oxygen atoms in total. The van der Waals surface area contributed by atoms with Crippen LogP contribution in [0.2, 0.25) is 0 Å². The lowest BCUT2D eigenvalue weighted by atomic mass is 9.97. The second-order valence-corrected chi connectivity index (χ2v) is 11.1. The van der Waals surface area contributed by atoms with Gasteiger partial charge in [-0.05, 0) is 52.3 Å². The Bertz CT molecular complexity index is 1490. The van der Waals surface area contributed by atoms with Crippen LogP contribution in [0.5, 0.6) is 11.5 Å². The van der Waals surface area contributed by atoms with E-state index < -0.39 is 27.0 Å². The quantitative estimate of drug-likeness (QED) is 0.0855. The first-order valence-corrected chi connectivity index (χ1v) is 15.5. The molecule has 17 heteroatoms. The molecule has 1 saturated heterocycles. The molecule has 0 saturated carbocycles. The number of nitrogens with zero attached hydrogens (tertiary/aromatic N) is 3. The van der Waals surface area contributed by atoms with Gasteiger partial charge in [-0.25, -0.2) is 4.79 Å². The third-order valence-electron chi connectivity index (χ3n) is 6.57. The highest BCUT2D eigenvalue weighted by atomic mass is 16.6. The summed E-state index contributed by atoms with van der Waals surface area (Å²) >= 11 is 0. The van der Waals surface area contributed by atoms with E-state index in [9.17, 15) is 34.6 Å². The molecule has 0 spiro atoms. The number of anilines is 2. The number of nitro benzene ring substituents is 2. The van der Waals surface area contributed by atoms with Gasteiger partial charge in [-0.15, -0.1) is 0 Å². The van der Waals surface area contributed by atoms with E-state index in [1.807, 2.05) is 13.8 Å². The number of aldehydes is 1. The number of hydrogen-bond acceptors (Lipinski definition) is 13. The number of rotatable bonds is 15. The number of hydrogen-bond donors (Lipinski definition) is 4. The number of ether oxygens (including phenoxy) is 3. The number of nitrogens with one attached hydrogen (secondary N) is 2. The summed E-state index contributed by atoms with van der Waals surface area (Å²) in [4.78, 5) is 58.8. The highest BCUT2D eigenvalue weighted by Crippen LogP contribution is 2.37. The van der Waals surface area contributed by atoms with Gasteiger partial charge < -0.3 is 41.2 Å². The van der Waals surface area contributed by atoms with Crippen molar-refractivity contribution in [1.82, 2.24) is 4.90 Å². The number of nitro groups is 2. The van der Waals surface area contributed by atoms with Crippen LogP contribution in [0.25, 0.3) is 0 Å². The number of benzene rings is 2. The Labute approximate surface area is 285 Å². The van der Waals surface area contributed by atoms with Crippen molar-refractivity contribution in [3.05, 3.63) is 67.8 Å². The molecule has 1 fully saturated rings. The van der Waals surface area contributed by atoms with Gasteiger partial charge in [-0.3, -0.25) is 29.8 Å². The number of carbonyl (C=O) groups excluding carboxylic acids is 3. The molecule has 270 valence electrons. The van der Waals surface area contributed by atoms with Crippen LogP contribution in [-0.2, 0) is 4.74 Å². The summed E-state index contributed by atoms with van der Waals surface area (Å²) in [6.07, 6.45) is 3.92. The SMILES string of the molecule is CC.CN.COc1cc(C(N)=O)cc([N+](=O)[O-])c1NC/C=C/CNc1c(OCCC2CN(C(=O)OC(C)(C)C)C2)cc(C=O)cc1[N+](=O)[O-]. The Hall–Kier alpha value is -5.45.